The second kappa shape index (κ2) is 6.43. The summed E-state index contributed by atoms with van der Waals surface area (Å²) in [5, 5.41) is 18.6. The first kappa shape index (κ1) is 15.6. The van der Waals surface area contributed by atoms with Crippen LogP contribution in [0.25, 0.3) is 22.3 Å². The number of nitrogens with zero attached hydrogens (tertiary/aromatic N) is 2. The topological polar surface area (TPSA) is 82.9 Å². The number of aromatic nitrogens is 1. The lowest BCUT2D eigenvalue weighted by atomic mass is 9.91. The van der Waals surface area contributed by atoms with E-state index in [1.807, 2.05) is 30.3 Å². The normalized spacial score (nSPS) is 10.3. The van der Waals surface area contributed by atoms with Crippen LogP contribution in [0.5, 0.6) is 5.75 Å². The molecule has 0 saturated carbocycles. The first-order valence-electron chi connectivity index (χ1n) is 7.71. The van der Waals surface area contributed by atoms with Crippen molar-refractivity contribution in [3.63, 3.8) is 0 Å². The minimum atomic E-state index is 0.209. The number of rotatable bonds is 3. The van der Waals surface area contributed by atoms with Gasteiger partial charge in [-0.15, -0.1) is 0 Å². The Kier molecular flexibility index (Phi) is 4.17. The SMILES string of the molecule is CCc1c(-c2cccc(C#N)c2)cnc(N)c1-c1ccc(O)cc1. The number of benzene rings is 2. The van der Waals surface area contributed by atoms with Crippen molar-refractivity contribution < 1.29 is 5.11 Å². The molecule has 24 heavy (non-hydrogen) atoms. The molecule has 3 rings (SSSR count). The van der Waals surface area contributed by atoms with E-state index in [9.17, 15) is 5.11 Å². The molecule has 4 heteroatoms. The van der Waals surface area contributed by atoms with Crippen molar-refractivity contribution in [3.8, 4) is 34.1 Å². The highest BCUT2D eigenvalue weighted by Gasteiger charge is 2.15. The number of nitrogens with two attached hydrogens (primary N) is 1. The number of pyridine rings is 1. The largest absolute Gasteiger partial charge is 0.508 e. The molecule has 4 nitrogen and oxygen atoms in total. The van der Waals surface area contributed by atoms with Crippen molar-refractivity contribution >= 4 is 5.82 Å². The van der Waals surface area contributed by atoms with Gasteiger partial charge in [-0.3, -0.25) is 0 Å². The van der Waals surface area contributed by atoms with Crippen molar-refractivity contribution in [3.05, 3.63) is 65.9 Å². The van der Waals surface area contributed by atoms with Gasteiger partial charge in [-0.1, -0.05) is 31.2 Å². The predicted molar refractivity (Wildman–Crippen MR) is 95.3 cm³/mol. The zero-order valence-corrected chi connectivity index (χ0v) is 13.3. The van der Waals surface area contributed by atoms with Gasteiger partial charge in [0.1, 0.15) is 11.6 Å². The van der Waals surface area contributed by atoms with Crippen LogP contribution in [0.1, 0.15) is 18.1 Å². The maximum absolute atomic E-state index is 9.51. The van der Waals surface area contributed by atoms with Crippen LogP contribution in [-0.4, -0.2) is 10.1 Å². The smallest absolute Gasteiger partial charge is 0.131 e. The second-order valence-electron chi connectivity index (χ2n) is 5.50. The first-order chi connectivity index (χ1) is 11.6. The molecule has 0 aliphatic rings. The molecule has 3 N–H and O–H groups in total. The summed E-state index contributed by atoms with van der Waals surface area (Å²) < 4.78 is 0. The molecule has 1 aromatic heterocycles. The van der Waals surface area contributed by atoms with Crippen LogP contribution in [0.2, 0.25) is 0 Å². The van der Waals surface area contributed by atoms with E-state index in [2.05, 4.69) is 18.0 Å². The molecule has 0 bridgehead atoms. The Morgan fingerprint density at radius 1 is 1.12 bits per heavy atom. The molecular weight excluding hydrogens is 298 g/mol. The summed E-state index contributed by atoms with van der Waals surface area (Å²) in [5.41, 5.74) is 11.5. The van der Waals surface area contributed by atoms with Gasteiger partial charge < -0.3 is 10.8 Å². The summed E-state index contributed by atoms with van der Waals surface area (Å²) in [7, 11) is 0. The van der Waals surface area contributed by atoms with Gasteiger partial charge in [-0.2, -0.15) is 5.26 Å². The Bertz CT molecular complexity index is 925. The lowest BCUT2D eigenvalue weighted by Crippen LogP contribution is -2.01. The standard InChI is InChI=1S/C20H17N3O/c1-2-17-18(15-5-3-4-13(10-15)11-21)12-23-20(22)19(17)14-6-8-16(24)9-7-14/h3-10,12,24H,2H2,1H3,(H2,22,23). The van der Waals surface area contributed by atoms with Crippen LogP contribution in [0.3, 0.4) is 0 Å². The molecule has 2 aromatic carbocycles. The number of aromatic hydroxyl groups is 1. The Labute approximate surface area is 140 Å². The molecule has 0 saturated heterocycles. The molecule has 0 spiro atoms. The van der Waals surface area contributed by atoms with E-state index in [0.29, 0.717) is 11.4 Å². The molecule has 3 aromatic rings. The van der Waals surface area contributed by atoms with Crippen molar-refractivity contribution in [2.24, 2.45) is 0 Å². The van der Waals surface area contributed by atoms with Gasteiger partial charge in [0.05, 0.1) is 11.6 Å². The molecule has 0 amide bonds. The summed E-state index contributed by atoms with van der Waals surface area (Å²) in [6, 6.07) is 16.6. The minimum absolute atomic E-state index is 0.209. The number of anilines is 1. The molecule has 0 fully saturated rings. The number of nitrogen functional groups attached to an aromatic ring is 1. The van der Waals surface area contributed by atoms with E-state index in [4.69, 9.17) is 11.0 Å². The van der Waals surface area contributed by atoms with Gasteiger partial charge in [0, 0.05) is 17.3 Å². The fourth-order valence-corrected chi connectivity index (χ4v) is 2.89. The molecule has 0 unspecified atom stereocenters. The molecule has 0 aliphatic carbocycles. The molecule has 0 radical (unpaired) electrons. The fourth-order valence-electron chi connectivity index (χ4n) is 2.89. The highest BCUT2D eigenvalue weighted by atomic mass is 16.3. The third kappa shape index (κ3) is 2.80. The van der Waals surface area contributed by atoms with Gasteiger partial charge in [0.2, 0.25) is 0 Å². The lowest BCUT2D eigenvalue weighted by molar-refractivity contribution is 0.475. The number of phenols is 1. The monoisotopic (exact) mass is 315 g/mol. The summed E-state index contributed by atoms with van der Waals surface area (Å²) in [6.07, 6.45) is 2.53. The van der Waals surface area contributed by atoms with Crippen LogP contribution in [0.4, 0.5) is 5.82 Å². The van der Waals surface area contributed by atoms with Gasteiger partial charge in [-0.05, 0) is 47.4 Å². The fraction of sp³-hybridized carbons (Fsp3) is 0.100. The van der Waals surface area contributed by atoms with E-state index in [1.54, 1.807) is 24.4 Å². The quantitative estimate of drug-likeness (QED) is 0.761. The molecule has 0 aliphatic heterocycles. The Hall–Kier alpha value is -3.32. The highest BCUT2D eigenvalue weighted by molar-refractivity contribution is 5.84. The molecule has 0 atom stereocenters. The van der Waals surface area contributed by atoms with Gasteiger partial charge in [-0.25, -0.2) is 4.98 Å². The van der Waals surface area contributed by atoms with Gasteiger partial charge >= 0.3 is 0 Å². The van der Waals surface area contributed by atoms with Crippen molar-refractivity contribution in [2.75, 3.05) is 5.73 Å². The predicted octanol–water partition coefficient (Wildman–Crippen LogP) is 4.14. The van der Waals surface area contributed by atoms with Crippen LogP contribution < -0.4 is 5.73 Å². The van der Waals surface area contributed by atoms with Crippen LogP contribution >= 0.6 is 0 Å². The minimum Gasteiger partial charge on any atom is -0.508 e. The number of hydrogen-bond acceptors (Lipinski definition) is 4. The van der Waals surface area contributed by atoms with Gasteiger partial charge in [0.15, 0.2) is 0 Å². The maximum Gasteiger partial charge on any atom is 0.131 e. The molecule has 1 heterocycles. The first-order valence-corrected chi connectivity index (χ1v) is 7.71. The second-order valence-corrected chi connectivity index (χ2v) is 5.50. The maximum atomic E-state index is 9.51. The third-order valence-electron chi connectivity index (χ3n) is 4.03. The molecular formula is C20H17N3O. The van der Waals surface area contributed by atoms with E-state index in [-0.39, 0.29) is 5.75 Å². The van der Waals surface area contributed by atoms with E-state index in [1.165, 1.54) is 0 Å². The number of phenolic OH excluding ortho intramolecular Hbond substituents is 1. The third-order valence-corrected chi connectivity index (χ3v) is 4.03. The van der Waals surface area contributed by atoms with E-state index in [0.717, 1.165) is 34.2 Å². The van der Waals surface area contributed by atoms with Crippen molar-refractivity contribution in [2.45, 2.75) is 13.3 Å². The van der Waals surface area contributed by atoms with Crippen molar-refractivity contribution in [1.29, 1.82) is 5.26 Å². The number of hydrogen-bond donors (Lipinski definition) is 2. The summed E-state index contributed by atoms with van der Waals surface area (Å²) in [6.45, 7) is 2.07. The zero-order chi connectivity index (χ0) is 17.1. The highest BCUT2D eigenvalue weighted by Crippen LogP contribution is 2.36. The Morgan fingerprint density at radius 3 is 2.54 bits per heavy atom. The van der Waals surface area contributed by atoms with Crippen molar-refractivity contribution in [1.82, 2.24) is 4.98 Å². The van der Waals surface area contributed by atoms with Crippen LogP contribution in [0.15, 0.2) is 54.7 Å². The molecule has 118 valence electrons. The number of nitriles is 1. The summed E-state index contributed by atoms with van der Waals surface area (Å²) in [5.74, 6) is 0.666. The Morgan fingerprint density at radius 2 is 1.88 bits per heavy atom. The lowest BCUT2D eigenvalue weighted by Gasteiger charge is -2.16. The average Bonchev–Trinajstić information content (AvgIpc) is 2.62. The Balaban J connectivity index is 2.24. The van der Waals surface area contributed by atoms with Crippen LogP contribution in [0, 0.1) is 11.3 Å². The summed E-state index contributed by atoms with van der Waals surface area (Å²) >= 11 is 0. The summed E-state index contributed by atoms with van der Waals surface area (Å²) in [4.78, 5) is 4.35. The van der Waals surface area contributed by atoms with E-state index < -0.39 is 0 Å². The van der Waals surface area contributed by atoms with E-state index >= 15 is 0 Å². The average molecular weight is 315 g/mol. The van der Waals surface area contributed by atoms with Gasteiger partial charge in [0.25, 0.3) is 0 Å². The zero-order valence-electron chi connectivity index (χ0n) is 13.3. The van der Waals surface area contributed by atoms with Crippen LogP contribution in [-0.2, 0) is 6.42 Å².